The van der Waals surface area contributed by atoms with Gasteiger partial charge in [0, 0.05) is 25.2 Å². The summed E-state index contributed by atoms with van der Waals surface area (Å²) in [6, 6.07) is 11.2. The number of nitrogens with one attached hydrogen (secondary N) is 1. The Bertz CT molecular complexity index is 796. The van der Waals surface area contributed by atoms with Gasteiger partial charge in [0.15, 0.2) is 0 Å². The van der Waals surface area contributed by atoms with Gasteiger partial charge in [0.25, 0.3) is 11.6 Å². The molecule has 2 rings (SSSR count). The third-order valence-electron chi connectivity index (χ3n) is 3.57. The predicted molar refractivity (Wildman–Crippen MR) is 99.8 cm³/mol. The first-order valence-corrected chi connectivity index (χ1v) is 8.33. The standard InChI is InChI=1S/C18H20ClN3O4/c1-21(2)8-9-26-15-5-3-4-13(10-15)12-20-18(23)16-7-6-14(22(24)25)11-17(16)19/h3-7,10-11H,8-9,12H2,1-2H3,(H,20,23). The summed E-state index contributed by atoms with van der Waals surface area (Å²) in [6.07, 6.45) is 0. The molecule has 7 nitrogen and oxygen atoms in total. The van der Waals surface area contributed by atoms with Crippen molar-refractivity contribution in [2.45, 2.75) is 6.54 Å². The Morgan fingerprint density at radius 2 is 2.04 bits per heavy atom. The fourth-order valence-corrected chi connectivity index (χ4v) is 2.43. The fraction of sp³-hybridized carbons (Fsp3) is 0.278. The minimum atomic E-state index is -0.560. The van der Waals surface area contributed by atoms with Crippen LogP contribution >= 0.6 is 11.6 Å². The smallest absolute Gasteiger partial charge is 0.270 e. The number of hydrogen-bond donors (Lipinski definition) is 1. The van der Waals surface area contributed by atoms with Crippen LogP contribution in [0.4, 0.5) is 5.69 Å². The Labute approximate surface area is 156 Å². The summed E-state index contributed by atoms with van der Waals surface area (Å²) in [5.74, 6) is 0.329. The zero-order valence-corrected chi connectivity index (χ0v) is 15.3. The topological polar surface area (TPSA) is 84.7 Å². The molecule has 0 aromatic heterocycles. The van der Waals surface area contributed by atoms with Crippen LogP contribution in [-0.2, 0) is 6.54 Å². The number of ether oxygens (including phenoxy) is 1. The third kappa shape index (κ3) is 5.72. The lowest BCUT2D eigenvalue weighted by Gasteiger charge is -2.12. The lowest BCUT2D eigenvalue weighted by molar-refractivity contribution is -0.384. The summed E-state index contributed by atoms with van der Waals surface area (Å²) < 4.78 is 5.66. The maximum absolute atomic E-state index is 12.2. The fourth-order valence-electron chi connectivity index (χ4n) is 2.17. The zero-order valence-electron chi connectivity index (χ0n) is 14.6. The van der Waals surface area contributed by atoms with Crippen LogP contribution in [0.3, 0.4) is 0 Å². The van der Waals surface area contributed by atoms with Gasteiger partial charge in [-0.15, -0.1) is 0 Å². The normalized spacial score (nSPS) is 10.6. The number of halogens is 1. The highest BCUT2D eigenvalue weighted by Crippen LogP contribution is 2.22. The number of carbonyl (C=O) groups is 1. The lowest BCUT2D eigenvalue weighted by Crippen LogP contribution is -2.23. The molecule has 0 saturated heterocycles. The van der Waals surface area contributed by atoms with Gasteiger partial charge in [-0.25, -0.2) is 0 Å². The van der Waals surface area contributed by atoms with Gasteiger partial charge in [-0.05, 0) is 37.9 Å². The lowest BCUT2D eigenvalue weighted by atomic mass is 10.1. The van der Waals surface area contributed by atoms with Crippen molar-refractivity contribution in [3.63, 3.8) is 0 Å². The average Bonchev–Trinajstić information content (AvgIpc) is 2.59. The molecule has 0 unspecified atom stereocenters. The molecule has 0 saturated carbocycles. The van der Waals surface area contributed by atoms with Gasteiger partial charge in [0.05, 0.1) is 15.5 Å². The Kier molecular flexibility index (Phi) is 6.94. The van der Waals surface area contributed by atoms with Crippen LogP contribution in [0.15, 0.2) is 42.5 Å². The van der Waals surface area contributed by atoms with Crippen molar-refractivity contribution in [2.24, 2.45) is 0 Å². The Balaban J connectivity index is 1.96. The molecule has 0 atom stereocenters. The van der Waals surface area contributed by atoms with E-state index < -0.39 is 10.8 Å². The molecule has 1 amide bonds. The largest absolute Gasteiger partial charge is 0.492 e. The van der Waals surface area contributed by atoms with Crippen molar-refractivity contribution in [3.05, 3.63) is 68.7 Å². The quantitative estimate of drug-likeness (QED) is 0.564. The molecule has 2 aromatic carbocycles. The number of non-ortho nitro benzene ring substituents is 1. The molecular formula is C18H20ClN3O4. The highest BCUT2D eigenvalue weighted by molar-refractivity contribution is 6.34. The van der Waals surface area contributed by atoms with E-state index in [1.807, 2.05) is 43.3 Å². The van der Waals surface area contributed by atoms with E-state index in [-0.39, 0.29) is 22.8 Å². The first kappa shape index (κ1) is 19.7. The van der Waals surface area contributed by atoms with Crippen LogP contribution in [0.2, 0.25) is 5.02 Å². The number of hydrogen-bond acceptors (Lipinski definition) is 5. The second kappa shape index (κ2) is 9.17. The van der Waals surface area contributed by atoms with Crippen molar-refractivity contribution in [2.75, 3.05) is 27.2 Å². The molecule has 2 aromatic rings. The third-order valence-corrected chi connectivity index (χ3v) is 3.88. The van der Waals surface area contributed by atoms with Crippen molar-refractivity contribution in [1.82, 2.24) is 10.2 Å². The summed E-state index contributed by atoms with van der Waals surface area (Å²) >= 11 is 5.97. The zero-order chi connectivity index (χ0) is 19.1. The Hall–Kier alpha value is -2.64. The molecule has 0 spiro atoms. The molecule has 1 N–H and O–H groups in total. The molecule has 0 aliphatic heterocycles. The van der Waals surface area contributed by atoms with Crippen molar-refractivity contribution in [1.29, 1.82) is 0 Å². The van der Waals surface area contributed by atoms with E-state index >= 15 is 0 Å². The van der Waals surface area contributed by atoms with Crippen LogP contribution < -0.4 is 10.1 Å². The van der Waals surface area contributed by atoms with Gasteiger partial charge < -0.3 is 15.0 Å². The van der Waals surface area contributed by atoms with E-state index in [0.29, 0.717) is 6.61 Å². The molecule has 0 heterocycles. The van der Waals surface area contributed by atoms with Crippen LogP contribution in [0.5, 0.6) is 5.75 Å². The molecule has 0 fully saturated rings. The summed E-state index contributed by atoms with van der Waals surface area (Å²) in [4.78, 5) is 24.4. The van der Waals surface area contributed by atoms with E-state index in [4.69, 9.17) is 16.3 Å². The molecule has 138 valence electrons. The maximum Gasteiger partial charge on any atom is 0.270 e. The van der Waals surface area contributed by atoms with Crippen molar-refractivity contribution in [3.8, 4) is 5.75 Å². The molecule has 0 aliphatic rings. The second-order valence-corrected chi connectivity index (χ2v) is 6.31. The Morgan fingerprint density at radius 3 is 2.69 bits per heavy atom. The van der Waals surface area contributed by atoms with Crippen LogP contribution in [0.25, 0.3) is 0 Å². The summed E-state index contributed by atoms with van der Waals surface area (Å²) in [7, 11) is 3.94. The molecule has 26 heavy (non-hydrogen) atoms. The van der Waals surface area contributed by atoms with Gasteiger partial charge in [0.2, 0.25) is 0 Å². The number of nitro benzene ring substituents is 1. The number of nitrogens with zero attached hydrogens (tertiary/aromatic N) is 2. The molecule has 0 aliphatic carbocycles. The Morgan fingerprint density at radius 1 is 1.27 bits per heavy atom. The highest BCUT2D eigenvalue weighted by atomic mass is 35.5. The first-order valence-electron chi connectivity index (χ1n) is 7.95. The minimum Gasteiger partial charge on any atom is -0.492 e. The number of likely N-dealkylation sites (N-methyl/N-ethyl adjacent to an activating group) is 1. The number of amides is 1. The average molecular weight is 378 g/mol. The van der Waals surface area contributed by atoms with Crippen LogP contribution in [0.1, 0.15) is 15.9 Å². The molecule has 0 radical (unpaired) electrons. The van der Waals surface area contributed by atoms with Gasteiger partial charge in [0.1, 0.15) is 12.4 Å². The number of rotatable bonds is 8. The summed E-state index contributed by atoms with van der Waals surface area (Å²) in [5, 5.41) is 13.5. The van der Waals surface area contributed by atoms with Gasteiger partial charge in [-0.1, -0.05) is 23.7 Å². The van der Waals surface area contributed by atoms with Gasteiger partial charge >= 0.3 is 0 Å². The van der Waals surface area contributed by atoms with Crippen molar-refractivity contribution < 1.29 is 14.5 Å². The molecule has 0 bridgehead atoms. The monoisotopic (exact) mass is 377 g/mol. The first-order chi connectivity index (χ1) is 12.4. The number of carbonyl (C=O) groups excluding carboxylic acids is 1. The summed E-state index contributed by atoms with van der Waals surface area (Å²) in [5.41, 5.74) is 0.906. The minimum absolute atomic E-state index is 0.0393. The van der Waals surface area contributed by atoms with Crippen LogP contribution in [0, 0.1) is 10.1 Å². The maximum atomic E-state index is 12.2. The van der Waals surface area contributed by atoms with Gasteiger partial charge in [-0.2, -0.15) is 0 Å². The second-order valence-electron chi connectivity index (χ2n) is 5.90. The molecular weight excluding hydrogens is 358 g/mol. The van der Waals surface area contributed by atoms with Crippen molar-refractivity contribution >= 4 is 23.2 Å². The number of nitro groups is 1. The van der Waals surface area contributed by atoms with E-state index in [1.54, 1.807) is 0 Å². The summed E-state index contributed by atoms with van der Waals surface area (Å²) in [6.45, 7) is 1.66. The SMILES string of the molecule is CN(C)CCOc1cccc(CNC(=O)c2ccc([N+](=O)[O-])cc2Cl)c1. The number of benzene rings is 2. The van der Waals surface area contributed by atoms with Crippen LogP contribution in [-0.4, -0.2) is 43.0 Å². The van der Waals surface area contributed by atoms with E-state index in [9.17, 15) is 14.9 Å². The van der Waals surface area contributed by atoms with E-state index in [2.05, 4.69) is 5.32 Å². The highest BCUT2D eigenvalue weighted by Gasteiger charge is 2.14. The molecule has 8 heteroatoms. The van der Waals surface area contributed by atoms with E-state index in [1.165, 1.54) is 12.1 Å². The predicted octanol–water partition coefficient (Wildman–Crippen LogP) is 3.12. The van der Waals surface area contributed by atoms with Gasteiger partial charge in [-0.3, -0.25) is 14.9 Å². The van der Waals surface area contributed by atoms with E-state index in [0.717, 1.165) is 23.9 Å².